The number of halogens is 2. The zero-order valence-corrected chi connectivity index (χ0v) is 20.3. The van der Waals surface area contributed by atoms with Gasteiger partial charge in [0.05, 0.1) is 17.0 Å². The fourth-order valence-electron chi connectivity index (χ4n) is 3.43. The molecule has 4 rings (SSSR count). The summed E-state index contributed by atoms with van der Waals surface area (Å²) in [6.07, 6.45) is 2.72. The van der Waals surface area contributed by atoms with E-state index in [1.165, 1.54) is 30.5 Å². The Morgan fingerprint density at radius 3 is 2.65 bits per heavy atom. The lowest BCUT2D eigenvalue weighted by Gasteiger charge is -2.14. The lowest BCUT2D eigenvalue weighted by molar-refractivity contribution is -0.116. The molecule has 1 heterocycles. The summed E-state index contributed by atoms with van der Waals surface area (Å²) in [6, 6.07) is 17.9. The average molecular weight is 499 g/mol. The minimum Gasteiger partial charge on any atom is -0.493 e. The Kier molecular flexibility index (Phi) is 7.65. The largest absolute Gasteiger partial charge is 0.493 e. The average Bonchev–Trinajstić information content (AvgIpc) is 3.17. The zero-order chi connectivity index (χ0) is 24.1. The molecule has 0 bridgehead atoms. The first-order valence-corrected chi connectivity index (χ1v) is 12.0. The number of nitrogens with one attached hydrogen (secondary N) is 2. The van der Waals surface area contributed by atoms with E-state index in [2.05, 4.69) is 29.7 Å². The first kappa shape index (κ1) is 24.0. The smallest absolute Gasteiger partial charge is 0.260 e. The van der Waals surface area contributed by atoms with Crippen molar-refractivity contribution >= 4 is 41.0 Å². The number of anilines is 1. The molecule has 2 N–H and O–H groups in total. The number of thioether (sulfide) groups is 1. The maximum atomic E-state index is 13.9. The Morgan fingerprint density at radius 1 is 1.18 bits per heavy atom. The fraction of sp³-hybridized carbons (Fsp3) is 0.192. The normalized spacial score (nSPS) is 16.4. The number of benzene rings is 3. The Morgan fingerprint density at radius 2 is 1.94 bits per heavy atom. The lowest BCUT2D eigenvalue weighted by Crippen LogP contribution is -2.30. The predicted molar refractivity (Wildman–Crippen MR) is 136 cm³/mol. The molecule has 1 aliphatic heterocycles. The van der Waals surface area contributed by atoms with Gasteiger partial charge in [-0.3, -0.25) is 4.79 Å². The van der Waals surface area contributed by atoms with Gasteiger partial charge in [0.1, 0.15) is 12.4 Å². The summed E-state index contributed by atoms with van der Waals surface area (Å²) in [4.78, 5) is 13.1. The Bertz CT molecular complexity index is 1220. The third kappa shape index (κ3) is 5.66. The number of carbonyl (C=O) groups is 1. The molecule has 0 radical (unpaired) electrons. The van der Waals surface area contributed by atoms with Gasteiger partial charge in [-0.05, 0) is 54.0 Å². The zero-order valence-electron chi connectivity index (χ0n) is 18.7. The van der Waals surface area contributed by atoms with Gasteiger partial charge in [0.25, 0.3) is 5.91 Å². The van der Waals surface area contributed by atoms with E-state index >= 15 is 0 Å². The summed E-state index contributed by atoms with van der Waals surface area (Å²) >= 11 is 7.84. The Hall–Kier alpha value is -3.16. The number of aryl methyl sites for hydroxylation is 1. The topological polar surface area (TPSA) is 59.6 Å². The molecular weight excluding hydrogens is 475 g/mol. The van der Waals surface area contributed by atoms with Crippen molar-refractivity contribution < 1.29 is 18.7 Å². The highest BCUT2D eigenvalue weighted by Gasteiger charge is 2.27. The van der Waals surface area contributed by atoms with E-state index in [4.69, 9.17) is 21.1 Å². The summed E-state index contributed by atoms with van der Waals surface area (Å²) in [7, 11) is 1.50. The van der Waals surface area contributed by atoms with Crippen molar-refractivity contribution in [1.82, 2.24) is 5.32 Å². The highest BCUT2D eigenvalue weighted by atomic mass is 35.5. The minimum atomic E-state index is -0.354. The highest BCUT2D eigenvalue weighted by molar-refractivity contribution is 8.05. The molecule has 3 aromatic rings. The van der Waals surface area contributed by atoms with Crippen LogP contribution in [-0.4, -0.2) is 18.5 Å². The minimum absolute atomic E-state index is 0.00797. The van der Waals surface area contributed by atoms with E-state index in [1.54, 1.807) is 36.4 Å². The number of amides is 1. The van der Waals surface area contributed by atoms with Crippen LogP contribution < -0.4 is 20.1 Å². The summed E-state index contributed by atoms with van der Waals surface area (Å²) < 4.78 is 25.1. The molecule has 0 aliphatic carbocycles. The van der Waals surface area contributed by atoms with Crippen LogP contribution >= 0.6 is 23.4 Å². The van der Waals surface area contributed by atoms with Crippen LogP contribution in [-0.2, 0) is 17.8 Å². The number of methoxy groups -OCH3 is 1. The molecule has 1 aliphatic rings. The van der Waals surface area contributed by atoms with Gasteiger partial charge in [0.2, 0.25) is 0 Å². The summed E-state index contributed by atoms with van der Waals surface area (Å²) in [5, 5.41) is 6.53. The Balaban J connectivity index is 1.48. The van der Waals surface area contributed by atoms with Gasteiger partial charge >= 0.3 is 0 Å². The molecular formula is C26H24ClFN2O3S. The summed E-state index contributed by atoms with van der Waals surface area (Å²) in [5.41, 5.74) is 2.99. The van der Waals surface area contributed by atoms with E-state index in [9.17, 15) is 9.18 Å². The molecule has 0 unspecified atom stereocenters. The molecule has 3 aromatic carbocycles. The van der Waals surface area contributed by atoms with Crippen molar-refractivity contribution in [1.29, 1.82) is 0 Å². The maximum absolute atomic E-state index is 13.9. The molecule has 34 heavy (non-hydrogen) atoms. The van der Waals surface area contributed by atoms with E-state index in [1.807, 2.05) is 12.1 Å². The lowest BCUT2D eigenvalue weighted by atomic mass is 10.1. The van der Waals surface area contributed by atoms with Crippen molar-refractivity contribution in [2.24, 2.45) is 0 Å². The van der Waals surface area contributed by atoms with Crippen LogP contribution in [0.4, 0.5) is 10.1 Å². The first-order valence-electron chi connectivity index (χ1n) is 10.7. The van der Waals surface area contributed by atoms with Crippen molar-refractivity contribution in [3.05, 3.63) is 93.1 Å². The number of rotatable bonds is 8. The monoisotopic (exact) mass is 498 g/mol. The number of hydrogen-bond acceptors (Lipinski definition) is 5. The van der Waals surface area contributed by atoms with Crippen LogP contribution in [0.2, 0.25) is 5.02 Å². The molecule has 1 saturated heterocycles. The Labute approximate surface area is 207 Å². The quantitative estimate of drug-likeness (QED) is 0.360. The second-order valence-corrected chi connectivity index (χ2v) is 9.14. The van der Waals surface area contributed by atoms with E-state index in [0.29, 0.717) is 32.6 Å². The summed E-state index contributed by atoms with van der Waals surface area (Å²) in [5.74, 6) is 0.174. The number of ether oxygens (including phenoxy) is 2. The van der Waals surface area contributed by atoms with Gasteiger partial charge in [-0.15, -0.1) is 0 Å². The predicted octanol–water partition coefficient (Wildman–Crippen LogP) is 6.23. The van der Waals surface area contributed by atoms with Gasteiger partial charge in [-0.25, -0.2) is 4.39 Å². The second-order valence-electron chi connectivity index (χ2n) is 7.59. The molecule has 0 aromatic heterocycles. The highest BCUT2D eigenvalue weighted by Crippen LogP contribution is 2.39. The van der Waals surface area contributed by atoms with E-state index in [0.717, 1.165) is 12.1 Å². The van der Waals surface area contributed by atoms with E-state index < -0.39 is 0 Å². The molecule has 1 fully saturated rings. The number of carbonyl (C=O) groups excluding carboxylic acids is 1. The molecule has 5 nitrogen and oxygen atoms in total. The number of hydrogen-bond donors (Lipinski definition) is 2. The van der Waals surface area contributed by atoms with Crippen molar-refractivity contribution in [2.45, 2.75) is 25.4 Å². The van der Waals surface area contributed by atoms with Crippen molar-refractivity contribution in [3.63, 3.8) is 0 Å². The van der Waals surface area contributed by atoms with Crippen LogP contribution in [0.1, 0.15) is 23.6 Å². The second kappa shape index (κ2) is 10.8. The van der Waals surface area contributed by atoms with Gasteiger partial charge in [0, 0.05) is 11.3 Å². The molecule has 1 amide bonds. The van der Waals surface area contributed by atoms with Gasteiger partial charge in [0.15, 0.2) is 17.0 Å². The van der Waals surface area contributed by atoms with Crippen LogP contribution in [0.3, 0.4) is 0 Å². The third-order valence-corrected chi connectivity index (χ3v) is 6.58. The third-order valence-electron chi connectivity index (χ3n) is 5.27. The summed E-state index contributed by atoms with van der Waals surface area (Å²) in [6.45, 7) is 2.11. The SMILES string of the molecule is CCc1ccc(N[C@@H]2NC(=O)/C(=C/c3cc(Cl)c(OCc4ccccc4F)c(OC)c3)S2)cc1. The van der Waals surface area contributed by atoms with Crippen LogP contribution in [0, 0.1) is 5.82 Å². The van der Waals surface area contributed by atoms with Gasteiger partial charge < -0.3 is 20.1 Å². The van der Waals surface area contributed by atoms with Crippen molar-refractivity contribution in [3.8, 4) is 11.5 Å². The van der Waals surface area contributed by atoms with E-state index in [-0.39, 0.29) is 23.8 Å². The van der Waals surface area contributed by atoms with Gasteiger partial charge in [-0.1, -0.05) is 60.6 Å². The van der Waals surface area contributed by atoms with Crippen molar-refractivity contribution in [2.75, 3.05) is 12.4 Å². The first-order chi connectivity index (χ1) is 16.5. The van der Waals surface area contributed by atoms with Crippen LogP contribution in [0.25, 0.3) is 6.08 Å². The molecule has 0 spiro atoms. The molecule has 0 saturated carbocycles. The molecule has 8 heteroatoms. The molecule has 176 valence electrons. The van der Waals surface area contributed by atoms with Gasteiger partial charge in [-0.2, -0.15) is 0 Å². The van der Waals surface area contributed by atoms with Crippen LogP contribution in [0.5, 0.6) is 11.5 Å². The standard InChI is InChI=1S/C26H24ClFN2O3S/c1-3-16-8-10-19(11-9-16)29-26-30-25(31)23(34-26)14-17-12-20(27)24(22(13-17)32-2)33-15-18-6-4-5-7-21(18)28/h4-14,26,29H,3,15H2,1-2H3,(H,30,31)/b23-14-/t26-/m1/s1. The fourth-order valence-corrected chi connectivity index (χ4v) is 4.69. The molecule has 1 atom stereocenters. The maximum Gasteiger partial charge on any atom is 0.260 e. The van der Waals surface area contributed by atoms with Crippen LogP contribution in [0.15, 0.2) is 65.6 Å².